The van der Waals surface area contributed by atoms with Crippen LogP contribution in [0.3, 0.4) is 0 Å². The number of hydrogen-bond donors (Lipinski definition) is 3. The summed E-state index contributed by atoms with van der Waals surface area (Å²) in [6, 6.07) is 1.47. The number of ether oxygens (including phenoxy) is 1. The van der Waals surface area contributed by atoms with Gasteiger partial charge in [-0.05, 0) is 6.07 Å². The molecule has 0 bridgehead atoms. The van der Waals surface area contributed by atoms with Crippen LogP contribution in [0.4, 0.5) is 0 Å². The first kappa shape index (κ1) is 12.2. The second kappa shape index (κ2) is 5.86. The molecule has 1 rings (SSSR count). The molecule has 15 heavy (non-hydrogen) atoms. The van der Waals surface area contributed by atoms with Gasteiger partial charge < -0.3 is 14.8 Å². The summed E-state index contributed by atoms with van der Waals surface area (Å²) in [5.74, 6) is 0. The maximum atomic E-state index is 11.5. The number of H-pyrrole nitrogens is 1. The number of aromatic nitrogens is 1. The van der Waals surface area contributed by atoms with Gasteiger partial charge in [-0.15, -0.1) is 0 Å². The van der Waals surface area contributed by atoms with Crippen LogP contribution in [0.5, 0.6) is 0 Å². The predicted molar refractivity (Wildman–Crippen MR) is 53.9 cm³/mol. The summed E-state index contributed by atoms with van der Waals surface area (Å²) in [6.07, 6.45) is 2.94. The molecule has 3 N–H and O–H groups in total. The van der Waals surface area contributed by atoms with Gasteiger partial charge in [0.15, 0.2) is 0 Å². The molecule has 1 aromatic heterocycles. The molecule has 1 aromatic rings. The maximum absolute atomic E-state index is 11.5. The van der Waals surface area contributed by atoms with Gasteiger partial charge in [-0.3, -0.25) is 0 Å². The van der Waals surface area contributed by atoms with Crippen LogP contribution in [0.2, 0.25) is 0 Å². The fraction of sp³-hybridized carbons (Fsp3) is 0.500. The van der Waals surface area contributed by atoms with Crippen LogP contribution < -0.4 is 4.72 Å². The van der Waals surface area contributed by atoms with Gasteiger partial charge in [0, 0.05) is 18.9 Å². The highest BCUT2D eigenvalue weighted by Crippen LogP contribution is 2.04. The van der Waals surface area contributed by atoms with Crippen LogP contribution in [-0.2, 0) is 14.8 Å². The molecule has 0 saturated carbocycles. The third kappa shape index (κ3) is 4.00. The molecule has 0 aromatic carbocycles. The normalized spacial score (nSPS) is 11.8. The molecule has 0 saturated heterocycles. The van der Waals surface area contributed by atoms with E-state index in [0.717, 1.165) is 0 Å². The fourth-order valence-corrected chi connectivity index (χ4v) is 1.96. The van der Waals surface area contributed by atoms with Gasteiger partial charge in [-0.1, -0.05) is 0 Å². The lowest BCUT2D eigenvalue weighted by molar-refractivity contribution is 0.0961. The maximum Gasteiger partial charge on any atom is 0.242 e. The van der Waals surface area contributed by atoms with Crippen LogP contribution >= 0.6 is 0 Å². The lowest BCUT2D eigenvalue weighted by Crippen LogP contribution is -2.27. The molecular formula is C8H14N2O4S. The molecule has 0 radical (unpaired) electrons. The van der Waals surface area contributed by atoms with Crippen molar-refractivity contribution in [3.63, 3.8) is 0 Å². The largest absolute Gasteiger partial charge is 0.394 e. The molecule has 0 fully saturated rings. The molecule has 0 unspecified atom stereocenters. The number of aliphatic hydroxyl groups is 1. The van der Waals surface area contributed by atoms with Crippen molar-refractivity contribution in [2.45, 2.75) is 4.90 Å². The molecule has 1 heterocycles. The average molecular weight is 234 g/mol. The lowest BCUT2D eigenvalue weighted by atomic mass is 10.7. The smallest absolute Gasteiger partial charge is 0.242 e. The van der Waals surface area contributed by atoms with E-state index in [0.29, 0.717) is 0 Å². The first-order valence-electron chi connectivity index (χ1n) is 4.48. The summed E-state index contributed by atoms with van der Waals surface area (Å²) in [4.78, 5) is 2.86. The number of hydrogen-bond acceptors (Lipinski definition) is 4. The monoisotopic (exact) mass is 234 g/mol. The third-order valence-corrected chi connectivity index (χ3v) is 3.11. The molecular weight excluding hydrogens is 220 g/mol. The quantitative estimate of drug-likeness (QED) is 0.544. The molecule has 6 nitrogen and oxygen atoms in total. The minimum Gasteiger partial charge on any atom is -0.394 e. The molecule has 7 heteroatoms. The van der Waals surface area contributed by atoms with E-state index in [1.807, 2.05) is 0 Å². The molecule has 0 aliphatic carbocycles. The second-order valence-electron chi connectivity index (χ2n) is 2.78. The van der Waals surface area contributed by atoms with Gasteiger partial charge in [0.2, 0.25) is 10.0 Å². The molecule has 0 atom stereocenters. The van der Waals surface area contributed by atoms with E-state index >= 15 is 0 Å². The van der Waals surface area contributed by atoms with Crippen LogP contribution in [0, 0.1) is 0 Å². The highest BCUT2D eigenvalue weighted by molar-refractivity contribution is 7.89. The number of aliphatic hydroxyl groups excluding tert-OH is 1. The Bertz CT molecular complexity index is 360. The van der Waals surface area contributed by atoms with Crippen molar-refractivity contribution < 1.29 is 18.3 Å². The van der Waals surface area contributed by atoms with Crippen molar-refractivity contribution in [1.29, 1.82) is 0 Å². The van der Waals surface area contributed by atoms with E-state index in [1.165, 1.54) is 18.5 Å². The van der Waals surface area contributed by atoms with Crippen LogP contribution in [-0.4, -0.2) is 44.9 Å². The van der Waals surface area contributed by atoms with E-state index in [2.05, 4.69) is 9.71 Å². The lowest BCUT2D eigenvalue weighted by Gasteiger charge is -2.04. The van der Waals surface area contributed by atoms with Crippen LogP contribution in [0.15, 0.2) is 23.4 Å². The number of sulfonamides is 1. The van der Waals surface area contributed by atoms with Crippen molar-refractivity contribution in [3.05, 3.63) is 18.5 Å². The van der Waals surface area contributed by atoms with Gasteiger partial charge in [0.1, 0.15) is 0 Å². The fourth-order valence-electron chi connectivity index (χ4n) is 0.974. The van der Waals surface area contributed by atoms with Crippen LogP contribution in [0.1, 0.15) is 0 Å². The highest BCUT2D eigenvalue weighted by Gasteiger charge is 2.12. The van der Waals surface area contributed by atoms with Crippen molar-refractivity contribution in [1.82, 2.24) is 9.71 Å². The number of aromatic amines is 1. The van der Waals surface area contributed by atoms with E-state index in [1.54, 1.807) is 0 Å². The summed E-state index contributed by atoms with van der Waals surface area (Å²) < 4.78 is 30.3. The third-order valence-electron chi connectivity index (χ3n) is 1.65. The van der Waals surface area contributed by atoms with Gasteiger partial charge in [-0.2, -0.15) is 0 Å². The zero-order valence-corrected chi connectivity index (χ0v) is 8.96. The SMILES string of the molecule is O=S(=O)(NCCOCCO)c1cc[nH]c1. The first-order valence-corrected chi connectivity index (χ1v) is 5.96. The van der Waals surface area contributed by atoms with E-state index in [-0.39, 0.29) is 31.3 Å². The van der Waals surface area contributed by atoms with E-state index < -0.39 is 10.0 Å². The summed E-state index contributed by atoms with van der Waals surface area (Å²) in [7, 11) is -3.43. The van der Waals surface area contributed by atoms with Crippen molar-refractivity contribution in [2.75, 3.05) is 26.4 Å². The van der Waals surface area contributed by atoms with E-state index in [4.69, 9.17) is 9.84 Å². The van der Waals surface area contributed by atoms with Crippen LogP contribution in [0.25, 0.3) is 0 Å². The first-order chi connectivity index (χ1) is 7.17. The second-order valence-corrected chi connectivity index (χ2v) is 4.55. The Labute approximate surface area is 88.3 Å². The Hall–Kier alpha value is -0.890. The zero-order valence-electron chi connectivity index (χ0n) is 8.14. The van der Waals surface area contributed by atoms with Crippen molar-refractivity contribution in [2.24, 2.45) is 0 Å². The van der Waals surface area contributed by atoms with Crippen molar-refractivity contribution in [3.8, 4) is 0 Å². The summed E-state index contributed by atoms with van der Waals surface area (Å²) >= 11 is 0. The molecule has 86 valence electrons. The number of nitrogens with one attached hydrogen (secondary N) is 2. The van der Waals surface area contributed by atoms with Gasteiger partial charge in [0.05, 0.1) is 24.7 Å². The molecule has 0 spiro atoms. The Balaban J connectivity index is 2.32. The topological polar surface area (TPSA) is 91.4 Å². The summed E-state index contributed by atoms with van der Waals surface area (Å²) in [5, 5.41) is 8.41. The minimum absolute atomic E-state index is 0.0649. The van der Waals surface area contributed by atoms with Gasteiger partial charge >= 0.3 is 0 Å². The Kier molecular flexibility index (Phi) is 4.76. The predicted octanol–water partition coefficient (Wildman–Crippen LogP) is -0.698. The minimum atomic E-state index is -3.43. The Morgan fingerprint density at radius 2 is 2.27 bits per heavy atom. The van der Waals surface area contributed by atoms with Gasteiger partial charge in [-0.25, -0.2) is 13.1 Å². The standard InChI is InChI=1S/C8H14N2O4S/c11-4-6-14-5-3-10-15(12,13)8-1-2-9-7-8/h1-2,7,9-11H,3-6H2. The Morgan fingerprint density at radius 1 is 1.47 bits per heavy atom. The van der Waals surface area contributed by atoms with E-state index in [9.17, 15) is 8.42 Å². The van der Waals surface area contributed by atoms with Gasteiger partial charge in [0.25, 0.3) is 0 Å². The molecule has 0 aliphatic rings. The highest BCUT2D eigenvalue weighted by atomic mass is 32.2. The molecule has 0 aliphatic heterocycles. The molecule has 0 amide bonds. The van der Waals surface area contributed by atoms with Crippen molar-refractivity contribution >= 4 is 10.0 Å². The average Bonchev–Trinajstić information content (AvgIpc) is 2.70. The Morgan fingerprint density at radius 3 is 2.87 bits per heavy atom. The number of rotatable bonds is 7. The zero-order chi connectivity index (χ0) is 11.1. The summed E-state index contributed by atoms with van der Waals surface area (Å²) in [6.45, 7) is 0.578. The summed E-state index contributed by atoms with van der Waals surface area (Å²) in [5.41, 5.74) is 0.